The monoisotopic (exact) mass is 449 g/mol. The van der Waals surface area contributed by atoms with Crippen molar-refractivity contribution in [1.29, 1.82) is 0 Å². The van der Waals surface area contributed by atoms with E-state index in [0.29, 0.717) is 5.91 Å². The number of amides is 1. The summed E-state index contributed by atoms with van der Waals surface area (Å²) in [4.78, 5) is 13.6. The largest absolute Gasteiger partial charge is 0.322 e. The molecule has 1 N–H and O–H groups in total. The van der Waals surface area contributed by atoms with Crippen molar-refractivity contribution in [2.45, 2.75) is 77.8 Å². The number of hydrogen-bond donors (Lipinski definition) is 1. The van der Waals surface area contributed by atoms with Gasteiger partial charge in [-0.2, -0.15) is 0 Å². The number of aryl methyl sites for hydroxylation is 3. The van der Waals surface area contributed by atoms with Crippen molar-refractivity contribution in [3.8, 4) is 0 Å². The van der Waals surface area contributed by atoms with Crippen LogP contribution in [-0.4, -0.2) is 29.5 Å². The summed E-state index contributed by atoms with van der Waals surface area (Å²) in [6.45, 7) is 8.75. The smallest absolute Gasteiger partial charge is 0.268 e. The molecule has 1 saturated carbocycles. The second-order valence-corrected chi connectivity index (χ2v) is 13.1. The number of rotatable bonds is 4. The van der Waals surface area contributed by atoms with Crippen LogP contribution in [0.2, 0.25) is 0 Å². The summed E-state index contributed by atoms with van der Waals surface area (Å²) in [5, 5.41) is 3.40. The Bertz CT molecular complexity index is 623. The predicted octanol–water partition coefficient (Wildman–Crippen LogP) is 6.08. The zero-order valence-corrected chi connectivity index (χ0v) is 20.9. The maximum atomic E-state index is 13.6. The Labute approximate surface area is 185 Å². The maximum Gasteiger partial charge on any atom is 0.268 e. The van der Waals surface area contributed by atoms with Crippen molar-refractivity contribution >= 4 is 18.9 Å². The molecule has 0 unspecified atom stereocenters. The second kappa shape index (κ2) is 9.15. The first-order valence-corrected chi connectivity index (χ1v) is 12.5. The normalized spacial score (nSPS) is 21.1. The first-order chi connectivity index (χ1) is 11.9. The van der Waals surface area contributed by atoms with Crippen LogP contribution in [0.5, 0.6) is 0 Å². The van der Waals surface area contributed by atoms with Crippen LogP contribution in [0.4, 0.5) is 5.69 Å². The zero-order valence-electron chi connectivity index (χ0n) is 17.2. The van der Waals surface area contributed by atoms with Gasteiger partial charge in [0, 0.05) is 45.7 Å². The molecule has 1 amide bonds. The molecule has 1 radical (unpaired) electrons. The minimum atomic E-state index is -1.19. The van der Waals surface area contributed by atoms with Gasteiger partial charge in [0.05, 0.1) is 18.5 Å². The van der Waals surface area contributed by atoms with Crippen molar-refractivity contribution in [2.24, 2.45) is 0 Å². The van der Waals surface area contributed by atoms with Gasteiger partial charge in [-0.3, -0.25) is 4.79 Å². The van der Waals surface area contributed by atoms with E-state index in [1.807, 2.05) is 0 Å². The van der Waals surface area contributed by atoms with E-state index in [0.717, 1.165) is 18.5 Å². The Morgan fingerprint density at radius 3 is 1.96 bits per heavy atom. The minimum Gasteiger partial charge on any atom is -0.322 e. The Morgan fingerprint density at radius 2 is 1.54 bits per heavy atom. The van der Waals surface area contributed by atoms with Crippen molar-refractivity contribution in [3.05, 3.63) is 28.8 Å². The fraction of sp³-hybridized carbons (Fsp3) is 0.682. The van der Waals surface area contributed by atoms with Gasteiger partial charge in [0.1, 0.15) is 0 Å². The maximum absolute atomic E-state index is 13.6. The molecule has 2 fully saturated rings. The first-order valence-electron chi connectivity index (χ1n) is 10.2. The van der Waals surface area contributed by atoms with Gasteiger partial charge in [-0.05, 0) is 83.8 Å². The minimum absolute atomic E-state index is 0. The molecular weight excluding hydrogens is 414 g/mol. The third-order valence-electron chi connectivity index (χ3n) is 6.95. The van der Waals surface area contributed by atoms with Crippen molar-refractivity contribution in [3.63, 3.8) is 0 Å². The molecule has 0 aromatic heterocycles. The summed E-state index contributed by atoms with van der Waals surface area (Å²) in [7, 11) is -1.19. The molecule has 3 rings (SSSR count). The fourth-order valence-corrected chi connectivity index (χ4v) is 11.1. The van der Waals surface area contributed by atoms with Crippen molar-refractivity contribution < 1.29 is 37.5 Å². The summed E-state index contributed by atoms with van der Waals surface area (Å²) >= 11 is 0. The van der Waals surface area contributed by atoms with Gasteiger partial charge in [-0.15, -0.1) is 0 Å². The molecule has 1 heterocycles. The molecule has 0 atom stereocenters. The standard InChI is InChI=1S/C22H34NOP.Y/c1-5-25(13-8-6-7-9-14-25)22(11-10-12-22)21(24)23-20-18(3)15-17(2)16-19(20)4;/h15-16H,5-14H2,1-4H3;/p+1. The SMILES string of the molecule is CC[P+]1(C2(C(=O)Nc3c(C)cc(C)cc3C)CCC2)CCCCCC1.[Y]. The van der Waals surface area contributed by atoms with Gasteiger partial charge in [0.2, 0.25) is 0 Å². The average Bonchev–Trinajstić information content (AvgIpc) is 2.76. The Hall–Kier alpha value is 0.224. The van der Waals surface area contributed by atoms with Gasteiger partial charge in [0.15, 0.2) is 5.16 Å². The molecule has 1 aliphatic heterocycles. The van der Waals surface area contributed by atoms with Crippen molar-refractivity contribution in [2.75, 3.05) is 23.8 Å². The van der Waals surface area contributed by atoms with E-state index in [9.17, 15) is 4.79 Å². The third kappa shape index (κ3) is 3.99. The van der Waals surface area contributed by atoms with E-state index in [-0.39, 0.29) is 37.9 Å². The van der Waals surface area contributed by atoms with Gasteiger partial charge < -0.3 is 5.32 Å². The van der Waals surface area contributed by atoms with Gasteiger partial charge in [-0.25, -0.2) is 0 Å². The molecule has 1 aliphatic carbocycles. The summed E-state index contributed by atoms with van der Waals surface area (Å²) in [6, 6.07) is 4.37. The van der Waals surface area contributed by atoms with Gasteiger partial charge in [0.25, 0.3) is 5.91 Å². The quantitative estimate of drug-likeness (QED) is 0.555. The van der Waals surface area contributed by atoms with E-state index < -0.39 is 7.26 Å². The number of carbonyl (C=O) groups is 1. The molecule has 2 aliphatic rings. The van der Waals surface area contributed by atoms with Crippen LogP contribution in [0.3, 0.4) is 0 Å². The molecule has 2 nitrogen and oxygen atoms in total. The number of hydrogen-bond acceptors (Lipinski definition) is 1. The topological polar surface area (TPSA) is 29.1 Å². The zero-order chi connectivity index (χ0) is 18.1. The molecule has 1 saturated heterocycles. The third-order valence-corrected chi connectivity index (χ3v) is 13.0. The number of anilines is 1. The van der Waals surface area contributed by atoms with E-state index in [1.165, 1.54) is 67.3 Å². The Kier molecular flexibility index (Phi) is 7.92. The predicted molar refractivity (Wildman–Crippen MR) is 112 cm³/mol. The van der Waals surface area contributed by atoms with Crippen LogP contribution in [-0.2, 0) is 37.5 Å². The first kappa shape index (κ1) is 22.5. The number of carbonyl (C=O) groups excluding carboxylic acids is 1. The molecule has 26 heavy (non-hydrogen) atoms. The van der Waals surface area contributed by atoms with Crippen LogP contribution in [0, 0.1) is 20.8 Å². The summed E-state index contributed by atoms with van der Waals surface area (Å²) in [6.07, 6.45) is 12.9. The number of benzene rings is 1. The summed E-state index contributed by atoms with van der Waals surface area (Å²) in [5.74, 6) is 0.353. The summed E-state index contributed by atoms with van der Waals surface area (Å²) < 4.78 is 0. The molecule has 0 spiro atoms. The van der Waals surface area contributed by atoms with Crippen LogP contribution in [0.1, 0.15) is 68.6 Å². The average molecular weight is 449 g/mol. The second-order valence-electron chi connectivity index (χ2n) is 8.44. The Morgan fingerprint density at radius 1 is 1.00 bits per heavy atom. The van der Waals surface area contributed by atoms with Crippen LogP contribution in [0.25, 0.3) is 0 Å². The number of nitrogens with one attached hydrogen (secondary N) is 1. The molecule has 1 aromatic rings. The van der Waals surface area contributed by atoms with Crippen LogP contribution in [0.15, 0.2) is 12.1 Å². The van der Waals surface area contributed by atoms with E-state index in [2.05, 4.69) is 45.1 Å². The molecule has 1 aromatic carbocycles. The Balaban J connectivity index is 0.00000243. The van der Waals surface area contributed by atoms with E-state index in [1.54, 1.807) is 0 Å². The van der Waals surface area contributed by atoms with Crippen LogP contribution >= 0.6 is 7.26 Å². The van der Waals surface area contributed by atoms with E-state index in [4.69, 9.17) is 0 Å². The molecule has 0 bridgehead atoms. The van der Waals surface area contributed by atoms with Crippen LogP contribution < -0.4 is 5.32 Å². The fourth-order valence-electron chi connectivity index (χ4n) is 5.38. The van der Waals surface area contributed by atoms with E-state index >= 15 is 0 Å². The molecule has 4 heteroatoms. The molecular formula is C22H35NOPY+. The van der Waals surface area contributed by atoms with Gasteiger partial charge >= 0.3 is 0 Å². The summed E-state index contributed by atoms with van der Waals surface area (Å²) in [5.41, 5.74) is 4.73. The van der Waals surface area contributed by atoms with Gasteiger partial charge in [-0.1, -0.05) is 17.7 Å². The van der Waals surface area contributed by atoms with Crippen molar-refractivity contribution in [1.82, 2.24) is 0 Å². The molecule has 141 valence electrons.